The van der Waals surface area contributed by atoms with E-state index in [9.17, 15) is 26.7 Å². The number of carbonyl (C=O) groups is 1. The number of halogens is 6. The number of benzene rings is 2. The van der Waals surface area contributed by atoms with Gasteiger partial charge in [0, 0.05) is 54.7 Å². The smallest absolute Gasteiger partial charge is 0.417 e. The number of rotatable bonds is 6. The maximum absolute atomic E-state index is 17.0. The van der Waals surface area contributed by atoms with E-state index in [1.165, 1.54) is 0 Å². The van der Waals surface area contributed by atoms with Crippen LogP contribution in [-0.4, -0.2) is 87.6 Å². The number of nitrogens with zero attached hydrogens (tertiary/aromatic N) is 5. The van der Waals surface area contributed by atoms with Crippen LogP contribution in [0.25, 0.3) is 32.2 Å². The van der Waals surface area contributed by atoms with Crippen LogP contribution in [-0.2, 0) is 6.18 Å². The normalized spacial score (nSPS) is 25.7. The van der Waals surface area contributed by atoms with E-state index in [-0.39, 0.29) is 64.2 Å². The minimum Gasteiger partial charge on any atom is -0.465 e. The quantitative estimate of drug-likeness (QED) is 0.204. The van der Waals surface area contributed by atoms with Crippen molar-refractivity contribution in [2.24, 2.45) is 0 Å². The molecule has 4 atom stereocenters. The molecule has 0 spiro atoms. The highest BCUT2D eigenvalue weighted by atomic mass is 32.1. The van der Waals surface area contributed by atoms with Gasteiger partial charge in [-0.2, -0.15) is 23.1 Å². The van der Waals surface area contributed by atoms with Crippen LogP contribution in [0.5, 0.6) is 6.01 Å². The van der Waals surface area contributed by atoms with Crippen molar-refractivity contribution in [3.63, 3.8) is 0 Å². The Bertz CT molecular complexity index is 1940. The van der Waals surface area contributed by atoms with E-state index in [4.69, 9.17) is 9.84 Å². The Hall–Kier alpha value is -3.96. The lowest BCUT2D eigenvalue weighted by atomic mass is 9.94. The molecule has 4 aliphatic heterocycles. The molecule has 3 N–H and O–H groups in total. The number of fused-ring (bicyclic) bond motifs is 5. The van der Waals surface area contributed by atoms with Crippen molar-refractivity contribution in [1.82, 2.24) is 25.2 Å². The number of piperazine rings is 1. The third-order valence-electron chi connectivity index (χ3n) is 10.0. The van der Waals surface area contributed by atoms with Crippen molar-refractivity contribution in [2.75, 3.05) is 43.0 Å². The lowest BCUT2D eigenvalue weighted by molar-refractivity contribution is -0.137. The van der Waals surface area contributed by atoms with Gasteiger partial charge in [-0.05, 0) is 50.4 Å². The highest BCUT2D eigenvalue weighted by molar-refractivity contribution is 7.22. The van der Waals surface area contributed by atoms with Gasteiger partial charge in [0.2, 0.25) is 0 Å². The number of carboxylic acid groups (broad SMARTS) is 1. The van der Waals surface area contributed by atoms with Crippen molar-refractivity contribution in [3.8, 4) is 17.1 Å². The van der Waals surface area contributed by atoms with Crippen molar-refractivity contribution < 1.29 is 41.0 Å². The summed E-state index contributed by atoms with van der Waals surface area (Å²) in [6, 6.07) is 2.23. The fourth-order valence-electron chi connectivity index (χ4n) is 8.03. The Kier molecular flexibility index (Phi) is 7.37. The van der Waals surface area contributed by atoms with Gasteiger partial charge in [0.1, 0.15) is 29.9 Å². The van der Waals surface area contributed by atoms with Crippen molar-refractivity contribution in [1.29, 1.82) is 0 Å². The van der Waals surface area contributed by atoms with E-state index in [0.29, 0.717) is 37.4 Å². The molecule has 4 aromatic rings. The fourth-order valence-corrected chi connectivity index (χ4v) is 8.92. The summed E-state index contributed by atoms with van der Waals surface area (Å²) in [5.74, 6) is -2.09. The van der Waals surface area contributed by atoms with Crippen molar-refractivity contribution in [3.05, 3.63) is 35.4 Å². The molecule has 2 bridgehead atoms. The Labute approximate surface area is 273 Å². The molecule has 0 aliphatic carbocycles. The molecule has 48 heavy (non-hydrogen) atoms. The first kappa shape index (κ1) is 31.3. The summed E-state index contributed by atoms with van der Waals surface area (Å²) in [6.45, 7) is 2.14. The Morgan fingerprint density at radius 2 is 1.92 bits per heavy atom. The average Bonchev–Trinajstić information content (AvgIpc) is 3.75. The molecule has 4 saturated heterocycles. The number of ether oxygens (including phenoxy) is 1. The first-order valence-electron chi connectivity index (χ1n) is 15.6. The second kappa shape index (κ2) is 11.3. The van der Waals surface area contributed by atoms with Gasteiger partial charge in [-0.1, -0.05) is 11.3 Å². The lowest BCUT2D eigenvalue weighted by Gasteiger charge is -2.37. The highest BCUT2D eigenvalue weighted by Gasteiger charge is 2.50. The van der Waals surface area contributed by atoms with Crippen LogP contribution in [0.15, 0.2) is 18.2 Å². The van der Waals surface area contributed by atoms with E-state index >= 15 is 4.39 Å². The SMILES string of the molecule is O=C(O)Nc1nc2c(-c3c(C(F)(F)F)cc4c(N5C6CCC5CNC6)nc(OC[C@@]56CCCN5C[C@H](F)C6)nc4c3F)ccc(F)c2s1. The highest BCUT2D eigenvalue weighted by Crippen LogP contribution is 2.47. The number of anilines is 2. The largest absolute Gasteiger partial charge is 0.465 e. The zero-order valence-electron chi connectivity index (χ0n) is 25.2. The second-order valence-corrected chi connectivity index (χ2v) is 13.9. The third kappa shape index (κ3) is 5.08. The van der Waals surface area contributed by atoms with Gasteiger partial charge in [0.25, 0.3) is 0 Å². The van der Waals surface area contributed by atoms with Crippen LogP contribution in [0.1, 0.15) is 37.7 Å². The minimum atomic E-state index is -5.07. The molecular weight excluding hydrogens is 664 g/mol. The molecule has 2 aromatic carbocycles. The van der Waals surface area contributed by atoms with Crippen LogP contribution in [0, 0.1) is 11.6 Å². The van der Waals surface area contributed by atoms with E-state index in [0.717, 1.165) is 37.5 Å². The van der Waals surface area contributed by atoms with Gasteiger partial charge >= 0.3 is 18.3 Å². The Morgan fingerprint density at radius 1 is 1.15 bits per heavy atom. The number of aromatic nitrogens is 3. The van der Waals surface area contributed by atoms with Crippen LogP contribution < -0.4 is 20.3 Å². The van der Waals surface area contributed by atoms with Gasteiger partial charge in [-0.3, -0.25) is 10.2 Å². The lowest BCUT2D eigenvalue weighted by Crippen LogP contribution is -2.52. The number of hydrogen-bond donors (Lipinski definition) is 3. The van der Waals surface area contributed by atoms with E-state index in [1.54, 1.807) is 0 Å². The monoisotopic (exact) mass is 693 g/mol. The molecule has 2 aromatic heterocycles. The van der Waals surface area contributed by atoms with Crippen LogP contribution in [0.2, 0.25) is 0 Å². The number of alkyl halides is 4. The van der Waals surface area contributed by atoms with Crippen LogP contribution in [0.4, 0.5) is 42.1 Å². The number of amides is 1. The molecule has 4 aliphatic rings. The third-order valence-corrected chi connectivity index (χ3v) is 11.0. The summed E-state index contributed by atoms with van der Waals surface area (Å²) in [5.41, 5.74) is -4.01. The van der Waals surface area contributed by atoms with Crippen LogP contribution in [0.3, 0.4) is 0 Å². The van der Waals surface area contributed by atoms with E-state index < -0.39 is 57.8 Å². The second-order valence-electron chi connectivity index (χ2n) is 12.9. The summed E-state index contributed by atoms with van der Waals surface area (Å²) in [5, 5.41) is 14.0. The molecule has 10 nitrogen and oxygen atoms in total. The van der Waals surface area contributed by atoms with Gasteiger partial charge in [0.15, 0.2) is 10.9 Å². The predicted octanol–water partition coefficient (Wildman–Crippen LogP) is 6.19. The fraction of sp³-hybridized carbons (Fsp3) is 0.484. The summed E-state index contributed by atoms with van der Waals surface area (Å²) in [4.78, 5) is 28.1. The first-order chi connectivity index (χ1) is 22.9. The van der Waals surface area contributed by atoms with Gasteiger partial charge in [-0.15, -0.1) is 0 Å². The topological polar surface area (TPSA) is 116 Å². The summed E-state index contributed by atoms with van der Waals surface area (Å²) < 4.78 is 96.8. The summed E-state index contributed by atoms with van der Waals surface area (Å²) >= 11 is 0.570. The zero-order valence-corrected chi connectivity index (χ0v) is 26.0. The molecule has 1 amide bonds. The van der Waals surface area contributed by atoms with Gasteiger partial charge < -0.3 is 20.1 Å². The average molecular weight is 694 g/mol. The van der Waals surface area contributed by atoms with Gasteiger partial charge in [0.05, 0.1) is 21.3 Å². The molecule has 254 valence electrons. The molecule has 4 fully saturated rings. The maximum atomic E-state index is 17.0. The van der Waals surface area contributed by atoms with E-state index in [2.05, 4.69) is 20.3 Å². The Balaban J connectivity index is 1.33. The minimum absolute atomic E-state index is 0.0264. The zero-order chi connectivity index (χ0) is 33.5. The number of thiazole rings is 1. The molecule has 17 heteroatoms. The van der Waals surface area contributed by atoms with Crippen molar-refractivity contribution in [2.45, 2.75) is 62.1 Å². The summed E-state index contributed by atoms with van der Waals surface area (Å²) in [7, 11) is 0. The van der Waals surface area contributed by atoms with E-state index in [1.807, 2.05) is 15.1 Å². The molecule has 8 rings (SSSR count). The van der Waals surface area contributed by atoms with Crippen molar-refractivity contribution >= 4 is 49.5 Å². The molecular formula is C31H29F6N7O3S. The summed E-state index contributed by atoms with van der Waals surface area (Å²) in [6.07, 6.45) is -4.29. The number of nitrogens with one attached hydrogen (secondary N) is 2. The Morgan fingerprint density at radius 3 is 2.65 bits per heavy atom. The van der Waals surface area contributed by atoms with Crippen LogP contribution >= 0.6 is 11.3 Å². The van der Waals surface area contributed by atoms with Gasteiger partial charge in [-0.25, -0.2) is 22.9 Å². The first-order valence-corrected chi connectivity index (χ1v) is 16.5. The predicted molar refractivity (Wildman–Crippen MR) is 165 cm³/mol. The number of hydrogen-bond acceptors (Lipinski definition) is 9. The molecule has 6 heterocycles. The molecule has 0 saturated carbocycles. The molecule has 2 unspecified atom stereocenters. The maximum Gasteiger partial charge on any atom is 0.417 e. The molecule has 0 radical (unpaired) electrons. The standard InChI is InChI=1S/C31H29F6N7O3S/c32-14-9-30(6-1-7-43(30)12-14)13-47-27-39-23-18(26(41-27)44-15-2-3-16(44)11-38-10-15)8-19(31(35,36)37)21(22(23)34)17-4-5-20(33)25-24(17)40-28(48-25)42-29(45)46/h4-5,8,14-16,38H,1-3,6-7,9-13H2,(H,40,42)(H,45,46)/t14-,15?,16?,30+/m1/s1.